The van der Waals surface area contributed by atoms with Gasteiger partial charge in [0.2, 0.25) is 0 Å². The highest BCUT2D eigenvalue weighted by molar-refractivity contribution is 6.01. The number of nitrogens with zero attached hydrogens (tertiary/aromatic N) is 2. The summed E-state index contributed by atoms with van der Waals surface area (Å²) in [6, 6.07) is 19.7. The van der Waals surface area contributed by atoms with Crippen LogP contribution < -0.4 is 0 Å². The Morgan fingerprint density at radius 3 is 2.52 bits per heavy atom. The summed E-state index contributed by atoms with van der Waals surface area (Å²) in [6.07, 6.45) is 4.10. The second-order valence-electron chi connectivity index (χ2n) is 5.10. The van der Waals surface area contributed by atoms with Gasteiger partial charge in [0, 0.05) is 5.71 Å². The van der Waals surface area contributed by atoms with Gasteiger partial charge in [0.15, 0.2) is 0 Å². The third kappa shape index (κ3) is 4.43. The summed E-state index contributed by atoms with van der Waals surface area (Å²) >= 11 is 0. The van der Waals surface area contributed by atoms with E-state index in [4.69, 9.17) is 5.26 Å². The summed E-state index contributed by atoms with van der Waals surface area (Å²) in [5.41, 5.74) is 3.59. The van der Waals surface area contributed by atoms with Gasteiger partial charge in [0.25, 0.3) is 0 Å². The average molecular weight is 274 g/mol. The Kier molecular flexibility index (Phi) is 5.06. The summed E-state index contributed by atoms with van der Waals surface area (Å²) in [7, 11) is 0. The third-order valence-electron chi connectivity index (χ3n) is 3.07. The highest BCUT2D eigenvalue weighted by atomic mass is 14.7. The van der Waals surface area contributed by atoms with E-state index in [1.165, 1.54) is 0 Å². The summed E-state index contributed by atoms with van der Waals surface area (Å²) in [6.45, 7) is 4.23. The zero-order chi connectivity index (χ0) is 15.1. The van der Waals surface area contributed by atoms with Gasteiger partial charge in [0.1, 0.15) is 0 Å². The molecule has 21 heavy (non-hydrogen) atoms. The van der Waals surface area contributed by atoms with Gasteiger partial charge in [-0.15, -0.1) is 0 Å². The molecule has 2 aromatic carbocycles. The van der Waals surface area contributed by atoms with Crippen molar-refractivity contribution >= 4 is 17.5 Å². The molecule has 0 saturated heterocycles. The van der Waals surface area contributed by atoms with Crippen LogP contribution in [0.4, 0.5) is 5.69 Å². The van der Waals surface area contributed by atoms with Crippen molar-refractivity contribution in [1.29, 1.82) is 5.26 Å². The molecule has 0 unspecified atom stereocenters. The molecule has 0 aromatic heterocycles. The lowest BCUT2D eigenvalue weighted by Gasteiger charge is -2.06. The molecule has 0 aliphatic rings. The highest BCUT2D eigenvalue weighted by Gasteiger charge is 2.02. The van der Waals surface area contributed by atoms with Gasteiger partial charge in [-0.25, -0.2) is 0 Å². The van der Waals surface area contributed by atoms with Crippen LogP contribution in [0.1, 0.15) is 25.0 Å². The molecule has 0 amide bonds. The SMILES string of the molecule is CC(C)C(/C=C\c1ccccc1)=N/c1cccc(C#N)c1. The van der Waals surface area contributed by atoms with Crippen molar-refractivity contribution in [3.63, 3.8) is 0 Å². The van der Waals surface area contributed by atoms with Gasteiger partial charge in [0.05, 0.1) is 17.3 Å². The minimum absolute atomic E-state index is 0.315. The van der Waals surface area contributed by atoms with E-state index in [1.54, 1.807) is 12.1 Å². The van der Waals surface area contributed by atoms with Crippen LogP contribution in [0.25, 0.3) is 6.08 Å². The summed E-state index contributed by atoms with van der Waals surface area (Å²) in [4.78, 5) is 4.66. The van der Waals surface area contributed by atoms with E-state index in [1.807, 2.05) is 36.4 Å². The summed E-state index contributed by atoms with van der Waals surface area (Å²) < 4.78 is 0. The van der Waals surface area contributed by atoms with Crippen LogP contribution in [0.2, 0.25) is 0 Å². The first-order chi connectivity index (χ1) is 10.2. The smallest absolute Gasteiger partial charge is 0.0992 e. The molecule has 0 N–H and O–H groups in total. The van der Waals surface area contributed by atoms with Crippen LogP contribution in [0.15, 0.2) is 65.7 Å². The molecule has 2 heteroatoms. The molecule has 0 atom stereocenters. The van der Waals surface area contributed by atoms with Crippen LogP contribution in [0, 0.1) is 17.2 Å². The van der Waals surface area contributed by atoms with E-state index < -0.39 is 0 Å². The van der Waals surface area contributed by atoms with Crippen molar-refractivity contribution < 1.29 is 0 Å². The zero-order valence-corrected chi connectivity index (χ0v) is 12.3. The molecule has 0 spiro atoms. The van der Waals surface area contributed by atoms with Gasteiger partial charge >= 0.3 is 0 Å². The first-order valence-electron chi connectivity index (χ1n) is 7.01. The van der Waals surface area contributed by atoms with Gasteiger partial charge in [-0.1, -0.05) is 56.3 Å². The molecule has 0 heterocycles. The maximum atomic E-state index is 8.94. The van der Waals surface area contributed by atoms with Crippen LogP contribution in [-0.2, 0) is 0 Å². The number of hydrogen-bond acceptors (Lipinski definition) is 2. The Bertz CT molecular complexity index is 689. The number of hydrogen-bond donors (Lipinski definition) is 0. The maximum absolute atomic E-state index is 8.94. The maximum Gasteiger partial charge on any atom is 0.0992 e. The van der Waals surface area contributed by atoms with Crippen molar-refractivity contribution in [1.82, 2.24) is 0 Å². The van der Waals surface area contributed by atoms with Crippen LogP contribution >= 0.6 is 0 Å². The lowest BCUT2D eigenvalue weighted by Crippen LogP contribution is -2.03. The first kappa shape index (κ1) is 14.7. The van der Waals surface area contributed by atoms with E-state index in [-0.39, 0.29) is 0 Å². The molecule has 0 aliphatic heterocycles. The van der Waals surface area contributed by atoms with E-state index in [2.05, 4.69) is 43.1 Å². The molecule has 2 rings (SSSR count). The van der Waals surface area contributed by atoms with Crippen molar-refractivity contribution in [2.24, 2.45) is 10.9 Å². The lowest BCUT2D eigenvalue weighted by molar-refractivity contribution is 0.889. The van der Waals surface area contributed by atoms with Gasteiger partial charge in [-0.05, 0) is 35.8 Å². The molecule has 0 fully saturated rings. The fourth-order valence-corrected chi connectivity index (χ4v) is 1.90. The molecule has 0 radical (unpaired) electrons. The molecule has 0 bridgehead atoms. The van der Waals surface area contributed by atoms with Crippen molar-refractivity contribution in [2.45, 2.75) is 13.8 Å². The molecule has 0 aliphatic carbocycles. The normalized spacial score (nSPS) is 11.8. The number of benzene rings is 2. The molecular formula is C19H18N2. The Morgan fingerprint density at radius 2 is 1.86 bits per heavy atom. The molecule has 2 aromatic rings. The highest BCUT2D eigenvalue weighted by Crippen LogP contribution is 2.16. The standard InChI is InChI=1S/C19H18N2/c1-15(2)19(12-11-16-7-4-3-5-8-16)21-18-10-6-9-17(13-18)14-20/h3-13,15H,1-2H3/b12-11-,21-19+. The largest absolute Gasteiger partial charge is 0.253 e. The number of allylic oxidation sites excluding steroid dienone is 1. The predicted octanol–water partition coefficient (Wildman–Crippen LogP) is 5.00. The lowest BCUT2D eigenvalue weighted by atomic mass is 10.1. The molecular weight excluding hydrogens is 256 g/mol. The fourth-order valence-electron chi connectivity index (χ4n) is 1.90. The Labute approximate surface area is 126 Å². The van der Waals surface area contributed by atoms with Crippen LogP contribution in [0.3, 0.4) is 0 Å². The van der Waals surface area contributed by atoms with Crippen molar-refractivity contribution in [3.05, 3.63) is 71.8 Å². The zero-order valence-electron chi connectivity index (χ0n) is 12.3. The van der Waals surface area contributed by atoms with Crippen LogP contribution in [-0.4, -0.2) is 5.71 Å². The van der Waals surface area contributed by atoms with Crippen LogP contribution in [0.5, 0.6) is 0 Å². The molecule has 0 saturated carbocycles. The van der Waals surface area contributed by atoms with E-state index in [0.717, 1.165) is 17.0 Å². The molecule has 2 nitrogen and oxygen atoms in total. The van der Waals surface area contributed by atoms with Crippen molar-refractivity contribution in [3.8, 4) is 6.07 Å². The third-order valence-corrected chi connectivity index (χ3v) is 3.07. The van der Waals surface area contributed by atoms with Gasteiger partial charge in [-0.2, -0.15) is 5.26 Å². The number of nitriles is 1. The quantitative estimate of drug-likeness (QED) is 0.723. The van der Waals surface area contributed by atoms with E-state index in [0.29, 0.717) is 11.5 Å². The van der Waals surface area contributed by atoms with Crippen molar-refractivity contribution in [2.75, 3.05) is 0 Å². The van der Waals surface area contributed by atoms with Gasteiger partial charge in [-0.3, -0.25) is 4.99 Å². The fraction of sp³-hybridized carbons (Fsp3) is 0.158. The topological polar surface area (TPSA) is 36.1 Å². The average Bonchev–Trinajstić information content (AvgIpc) is 2.52. The summed E-state index contributed by atoms with van der Waals surface area (Å²) in [5.74, 6) is 0.315. The predicted molar refractivity (Wildman–Crippen MR) is 88.6 cm³/mol. The Balaban J connectivity index is 2.28. The van der Waals surface area contributed by atoms with Gasteiger partial charge < -0.3 is 0 Å². The van der Waals surface area contributed by atoms with E-state index in [9.17, 15) is 0 Å². The first-order valence-corrected chi connectivity index (χ1v) is 7.01. The minimum Gasteiger partial charge on any atom is -0.253 e. The number of rotatable bonds is 4. The second kappa shape index (κ2) is 7.21. The second-order valence-corrected chi connectivity index (χ2v) is 5.10. The molecule has 104 valence electrons. The Hall–Kier alpha value is -2.66. The van der Waals surface area contributed by atoms with E-state index >= 15 is 0 Å². The monoisotopic (exact) mass is 274 g/mol. The summed E-state index contributed by atoms with van der Waals surface area (Å²) in [5, 5.41) is 8.94. The Morgan fingerprint density at radius 1 is 1.10 bits per heavy atom. The number of aliphatic imine (C=N–C) groups is 1. The minimum atomic E-state index is 0.315.